The fourth-order valence-electron chi connectivity index (χ4n) is 3.09. The molecule has 0 atom stereocenters. The fraction of sp³-hybridized carbons (Fsp3) is 0.200. The first kappa shape index (κ1) is 23.0. The van der Waals surface area contributed by atoms with Crippen LogP contribution in [0.3, 0.4) is 0 Å². The lowest BCUT2D eigenvalue weighted by Crippen LogP contribution is -2.07. The number of nitrogens with zero attached hydrogens (tertiary/aromatic N) is 3. The van der Waals surface area contributed by atoms with Gasteiger partial charge in [-0.1, -0.05) is 41.6 Å². The number of ether oxygens (including phenoxy) is 3. The highest BCUT2D eigenvalue weighted by Crippen LogP contribution is 2.25. The second-order valence-electron chi connectivity index (χ2n) is 6.91. The fourth-order valence-corrected chi connectivity index (χ4v) is 4.01. The molecule has 0 fully saturated rings. The first-order valence-corrected chi connectivity index (χ1v) is 12.0. The predicted molar refractivity (Wildman–Crippen MR) is 131 cm³/mol. The number of hydrogen-bond donors (Lipinski definition) is 0. The summed E-state index contributed by atoms with van der Waals surface area (Å²) in [6, 6.07) is 24.9. The lowest BCUT2D eigenvalue weighted by Gasteiger charge is -2.12. The van der Waals surface area contributed by atoms with E-state index < -0.39 is 0 Å². The van der Waals surface area contributed by atoms with Gasteiger partial charge >= 0.3 is 0 Å². The van der Waals surface area contributed by atoms with E-state index in [-0.39, 0.29) is 6.61 Å². The molecule has 0 radical (unpaired) electrons. The maximum atomic E-state index is 6.09. The molecule has 1 heterocycles. The van der Waals surface area contributed by atoms with Crippen LogP contribution in [0.15, 0.2) is 84.0 Å². The minimum atomic E-state index is 0.269. The SMILES string of the molecule is CCOc1ccc(OCc2nnc(SCCOc3ccccc3)n2-c2ccc(Cl)cc2)cc1. The van der Waals surface area contributed by atoms with Crippen LogP contribution in [-0.2, 0) is 6.61 Å². The maximum Gasteiger partial charge on any atom is 0.196 e. The number of para-hydroxylation sites is 1. The zero-order valence-electron chi connectivity index (χ0n) is 18.2. The Labute approximate surface area is 202 Å². The van der Waals surface area contributed by atoms with Crippen LogP contribution in [0.5, 0.6) is 17.2 Å². The van der Waals surface area contributed by atoms with Crippen molar-refractivity contribution in [3.63, 3.8) is 0 Å². The number of benzene rings is 3. The van der Waals surface area contributed by atoms with Gasteiger partial charge in [0.2, 0.25) is 0 Å². The van der Waals surface area contributed by atoms with Crippen molar-refractivity contribution in [2.24, 2.45) is 0 Å². The Kier molecular flexibility index (Phi) is 8.11. The molecule has 4 aromatic rings. The summed E-state index contributed by atoms with van der Waals surface area (Å²) in [7, 11) is 0. The molecule has 1 aromatic heterocycles. The number of aromatic nitrogens is 3. The van der Waals surface area contributed by atoms with Crippen LogP contribution in [0.1, 0.15) is 12.7 Å². The van der Waals surface area contributed by atoms with E-state index in [9.17, 15) is 0 Å². The Hall–Kier alpha value is -3.16. The molecule has 0 aliphatic carbocycles. The van der Waals surface area contributed by atoms with Crippen LogP contribution < -0.4 is 14.2 Å². The van der Waals surface area contributed by atoms with Gasteiger partial charge < -0.3 is 14.2 Å². The van der Waals surface area contributed by atoms with Crippen LogP contribution in [0.25, 0.3) is 5.69 Å². The van der Waals surface area contributed by atoms with E-state index in [0.29, 0.717) is 24.1 Å². The summed E-state index contributed by atoms with van der Waals surface area (Å²) < 4.78 is 19.2. The molecule has 0 N–H and O–H groups in total. The highest BCUT2D eigenvalue weighted by Gasteiger charge is 2.15. The van der Waals surface area contributed by atoms with Crippen LogP contribution in [-0.4, -0.2) is 33.7 Å². The van der Waals surface area contributed by atoms with Crippen LogP contribution in [0.2, 0.25) is 5.02 Å². The standard InChI is InChI=1S/C25H24ClN3O3S/c1-2-30-22-12-14-23(15-13-22)32-18-24-27-28-25(29(24)20-10-8-19(26)9-11-20)33-17-16-31-21-6-4-3-5-7-21/h3-15H,2,16-18H2,1H3. The van der Waals surface area contributed by atoms with Gasteiger partial charge in [-0.3, -0.25) is 4.57 Å². The summed E-state index contributed by atoms with van der Waals surface area (Å²) in [6.45, 7) is 3.41. The second-order valence-corrected chi connectivity index (χ2v) is 8.41. The Balaban J connectivity index is 1.45. The number of halogens is 1. The van der Waals surface area contributed by atoms with Gasteiger partial charge in [-0.05, 0) is 67.6 Å². The van der Waals surface area contributed by atoms with E-state index in [1.165, 1.54) is 0 Å². The Morgan fingerprint density at radius 3 is 2.15 bits per heavy atom. The molecule has 3 aromatic carbocycles. The largest absolute Gasteiger partial charge is 0.494 e. The molecule has 0 amide bonds. The molecule has 0 saturated carbocycles. The molecular weight excluding hydrogens is 458 g/mol. The number of hydrogen-bond acceptors (Lipinski definition) is 6. The molecule has 0 spiro atoms. The molecule has 0 saturated heterocycles. The third-order valence-corrected chi connectivity index (χ3v) is 5.76. The van der Waals surface area contributed by atoms with E-state index >= 15 is 0 Å². The molecule has 0 bridgehead atoms. The molecule has 170 valence electrons. The first-order valence-electron chi connectivity index (χ1n) is 10.6. The van der Waals surface area contributed by atoms with Crippen molar-refractivity contribution < 1.29 is 14.2 Å². The molecule has 6 nitrogen and oxygen atoms in total. The van der Waals surface area contributed by atoms with Crippen molar-refractivity contribution in [2.45, 2.75) is 18.7 Å². The third kappa shape index (κ3) is 6.43. The summed E-state index contributed by atoms with van der Waals surface area (Å²) in [6.07, 6.45) is 0. The summed E-state index contributed by atoms with van der Waals surface area (Å²) in [4.78, 5) is 0. The Morgan fingerprint density at radius 2 is 1.45 bits per heavy atom. The molecule has 8 heteroatoms. The van der Waals surface area contributed by atoms with Gasteiger partial charge in [0.15, 0.2) is 11.0 Å². The highest BCUT2D eigenvalue weighted by atomic mass is 35.5. The normalized spacial score (nSPS) is 10.7. The van der Waals surface area contributed by atoms with Crippen LogP contribution >= 0.6 is 23.4 Å². The predicted octanol–water partition coefficient (Wildman–Crippen LogP) is 6.07. The van der Waals surface area contributed by atoms with E-state index in [1.807, 2.05) is 90.4 Å². The van der Waals surface area contributed by atoms with Gasteiger partial charge in [0, 0.05) is 16.5 Å². The molecular formula is C25H24ClN3O3S. The topological polar surface area (TPSA) is 58.4 Å². The molecule has 4 rings (SSSR count). The van der Waals surface area contributed by atoms with E-state index in [4.69, 9.17) is 25.8 Å². The monoisotopic (exact) mass is 481 g/mol. The van der Waals surface area contributed by atoms with Crippen molar-refractivity contribution >= 4 is 23.4 Å². The number of rotatable bonds is 11. The smallest absolute Gasteiger partial charge is 0.196 e. The van der Waals surface area contributed by atoms with Crippen molar-refractivity contribution in [3.05, 3.63) is 89.7 Å². The van der Waals surface area contributed by atoms with Crippen molar-refractivity contribution in [3.8, 4) is 22.9 Å². The first-order chi connectivity index (χ1) is 16.2. The van der Waals surface area contributed by atoms with E-state index in [0.717, 1.165) is 33.8 Å². The van der Waals surface area contributed by atoms with Crippen molar-refractivity contribution in [2.75, 3.05) is 19.0 Å². The lowest BCUT2D eigenvalue weighted by atomic mass is 10.3. The van der Waals surface area contributed by atoms with Gasteiger partial charge in [0.25, 0.3) is 0 Å². The molecule has 0 aliphatic heterocycles. The van der Waals surface area contributed by atoms with Gasteiger partial charge in [-0.15, -0.1) is 10.2 Å². The van der Waals surface area contributed by atoms with Crippen molar-refractivity contribution in [1.82, 2.24) is 14.8 Å². The molecule has 33 heavy (non-hydrogen) atoms. The van der Waals surface area contributed by atoms with Gasteiger partial charge in [-0.25, -0.2) is 0 Å². The Morgan fingerprint density at radius 1 is 0.788 bits per heavy atom. The summed E-state index contributed by atoms with van der Waals surface area (Å²) >= 11 is 7.67. The van der Waals surface area contributed by atoms with Gasteiger partial charge in [0.05, 0.1) is 13.2 Å². The minimum absolute atomic E-state index is 0.269. The lowest BCUT2D eigenvalue weighted by molar-refractivity contribution is 0.291. The van der Waals surface area contributed by atoms with E-state index in [1.54, 1.807) is 11.8 Å². The van der Waals surface area contributed by atoms with Crippen molar-refractivity contribution in [1.29, 1.82) is 0 Å². The van der Waals surface area contributed by atoms with Crippen LogP contribution in [0, 0.1) is 0 Å². The maximum absolute atomic E-state index is 6.09. The quantitative estimate of drug-likeness (QED) is 0.191. The highest BCUT2D eigenvalue weighted by molar-refractivity contribution is 7.99. The zero-order valence-corrected chi connectivity index (χ0v) is 19.8. The summed E-state index contributed by atoms with van der Waals surface area (Å²) in [5.74, 6) is 3.81. The van der Waals surface area contributed by atoms with Gasteiger partial charge in [0.1, 0.15) is 23.9 Å². The summed E-state index contributed by atoms with van der Waals surface area (Å²) in [5, 5.41) is 10.2. The number of thioether (sulfide) groups is 1. The minimum Gasteiger partial charge on any atom is -0.494 e. The third-order valence-electron chi connectivity index (χ3n) is 4.61. The summed E-state index contributed by atoms with van der Waals surface area (Å²) in [5.41, 5.74) is 0.918. The zero-order chi connectivity index (χ0) is 22.9. The van der Waals surface area contributed by atoms with E-state index in [2.05, 4.69) is 10.2 Å². The Bertz CT molecular complexity index is 1140. The molecule has 0 unspecified atom stereocenters. The van der Waals surface area contributed by atoms with Gasteiger partial charge in [-0.2, -0.15) is 0 Å². The second kappa shape index (κ2) is 11.6. The average molecular weight is 482 g/mol. The average Bonchev–Trinajstić information content (AvgIpc) is 3.25. The van der Waals surface area contributed by atoms with Crippen LogP contribution in [0.4, 0.5) is 0 Å². The molecule has 0 aliphatic rings.